The first-order valence-corrected chi connectivity index (χ1v) is 12.9. The number of ether oxygens (including phenoxy) is 3. The van der Waals surface area contributed by atoms with E-state index in [0.717, 1.165) is 16.7 Å². The molecule has 0 aromatic heterocycles. The molecule has 6 nitrogen and oxygen atoms in total. The standard InChI is InChI=1S/C32H36O6/c1-32(2,3)38-29(33)27(21-13-20-24-14-7-4-8-15-24)28(30(34)36-22-25-16-9-5-10-17-25)31(35)37-23-26-18-11-6-12-19-26/h4-12,14-19,27-28H,13,20-23H2,1-3H3. The molecule has 200 valence electrons. The van der Waals surface area contributed by atoms with Crippen molar-refractivity contribution in [2.75, 3.05) is 0 Å². The highest BCUT2D eigenvalue weighted by molar-refractivity contribution is 5.99. The normalized spacial score (nSPS) is 12.0. The first kappa shape index (κ1) is 28.6. The molecule has 0 spiro atoms. The minimum Gasteiger partial charge on any atom is -0.460 e. The molecule has 1 atom stereocenters. The highest BCUT2D eigenvalue weighted by Crippen LogP contribution is 2.27. The Labute approximate surface area is 224 Å². The second-order valence-electron chi connectivity index (χ2n) is 10.2. The molecular formula is C32H36O6. The molecule has 0 aliphatic carbocycles. The van der Waals surface area contributed by atoms with Gasteiger partial charge in [-0.3, -0.25) is 14.4 Å². The van der Waals surface area contributed by atoms with Crippen LogP contribution in [0.1, 0.15) is 50.3 Å². The zero-order chi connectivity index (χ0) is 27.4. The van der Waals surface area contributed by atoms with Gasteiger partial charge in [-0.05, 0) is 56.7 Å². The molecule has 3 rings (SSSR count). The van der Waals surface area contributed by atoms with Gasteiger partial charge < -0.3 is 14.2 Å². The Hall–Kier alpha value is -3.93. The van der Waals surface area contributed by atoms with E-state index in [-0.39, 0.29) is 19.6 Å². The monoisotopic (exact) mass is 516 g/mol. The third kappa shape index (κ3) is 9.51. The van der Waals surface area contributed by atoms with Gasteiger partial charge in [0.15, 0.2) is 5.92 Å². The van der Waals surface area contributed by atoms with Gasteiger partial charge in [-0.2, -0.15) is 0 Å². The molecule has 0 saturated carbocycles. The maximum absolute atomic E-state index is 13.4. The predicted molar refractivity (Wildman–Crippen MR) is 145 cm³/mol. The Kier molecular flexibility index (Phi) is 10.6. The number of rotatable bonds is 12. The van der Waals surface area contributed by atoms with Crippen molar-refractivity contribution >= 4 is 17.9 Å². The summed E-state index contributed by atoms with van der Waals surface area (Å²) < 4.78 is 16.7. The van der Waals surface area contributed by atoms with Crippen LogP contribution in [0.5, 0.6) is 0 Å². The van der Waals surface area contributed by atoms with Gasteiger partial charge in [0.25, 0.3) is 0 Å². The zero-order valence-corrected chi connectivity index (χ0v) is 22.3. The van der Waals surface area contributed by atoms with Crippen LogP contribution >= 0.6 is 0 Å². The van der Waals surface area contributed by atoms with Crippen LogP contribution < -0.4 is 0 Å². The number of hydrogen-bond donors (Lipinski definition) is 0. The van der Waals surface area contributed by atoms with E-state index in [4.69, 9.17) is 14.2 Å². The molecule has 3 aromatic rings. The van der Waals surface area contributed by atoms with Crippen molar-refractivity contribution < 1.29 is 28.6 Å². The van der Waals surface area contributed by atoms with Crippen molar-refractivity contribution in [2.24, 2.45) is 11.8 Å². The minimum atomic E-state index is -1.45. The van der Waals surface area contributed by atoms with E-state index in [9.17, 15) is 14.4 Å². The number of carbonyl (C=O) groups excluding carboxylic acids is 3. The molecule has 3 aromatic carbocycles. The summed E-state index contributed by atoms with van der Waals surface area (Å²) in [7, 11) is 0. The van der Waals surface area contributed by atoms with Crippen molar-refractivity contribution in [1.82, 2.24) is 0 Å². The van der Waals surface area contributed by atoms with Gasteiger partial charge in [0.2, 0.25) is 0 Å². The SMILES string of the molecule is CC(C)(C)OC(=O)C(CCCc1ccccc1)C(C(=O)OCc1ccccc1)C(=O)OCc1ccccc1. The summed E-state index contributed by atoms with van der Waals surface area (Å²) in [6.07, 6.45) is 1.52. The average Bonchev–Trinajstić information content (AvgIpc) is 2.91. The molecule has 0 amide bonds. The number of benzene rings is 3. The van der Waals surface area contributed by atoms with E-state index >= 15 is 0 Å². The fourth-order valence-electron chi connectivity index (χ4n) is 4.03. The van der Waals surface area contributed by atoms with E-state index < -0.39 is 35.3 Å². The van der Waals surface area contributed by atoms with Crippen LogP contribution in [0.2, 0.25) is 0 Å². The van der Waals surface area contributed by atoms with Gasteiger partial charge >= 0.3 is 17.9 Å². The maximum atomic E-state index is 13.4. The van der Waals surface area contributed by atoms with Gasteiger partial charge in [0.1, 0.15) is 18.8 Å². The second-order valence-corrected chi connectivity index (χ2v) is 10.2. The summed E-state index contributed by atoms with van der Waals surface area (Å²) in [5, 5.41) is 0. The molecule has 0 radical (unpaired) electrons. The van der Waals surface area contributed by atoms with E-state index in [0.29, 0.717) is 12.8 Å². The van der Waals surface area contributed by atoms with Crippen molar-refractivity contribution in [1.29, 1.82) is 0 Å². The molecular weight excluding hydrogens is 480 g/mol. The topological polar surface area (TPSA) is 78.9 Å². The molecule has 38 heavy (non-hydrogen) atoms. The van der Waals surface area contributed by atoms with Crippen molar-refractivity contribution in [3.63, 3.8) is 0 Å². The Bertz CT molecular complexity index is 1100. The van der Waals surface area contributed by atoms with Gasteiger partial charge in [0, 0.05) is 0 Å². The first-order valence-electron chi connectivity index (χ1n) is 12.9. The number of aryl methyl sites for hydroxylation is 1. The molecule has 1 unspecified atom stereocenters. The molecule has 0 bridgehead atoms. The molecule has 0 heterocycles. The Morgan fingerprint density at radius 1 is 0.632 bits per heavy atom. The fourth-order valence-corrected chi connectivity index (χ4v) is 4.03. The zero-order valence-electron chi connectivity index (χ0n) is 22.3. The molecule has 6 heteroatoms. The highest BCUT2D eigenvalue weighted by Gasteiger charge is 2.43. The van der Waals surface area contributed by atoms with Crippen LogP contribution in [-0.4, -0.2) is 23.5 Å². The summed E-state index contributed by atoms with van der Waals surface area (Å²) in [6.45, 7) is 5.22. The van der Waals surface area contributed by atoms with E-state index in [2.05, 4.69) is 0 Å². The van der Waals surface area contributed by atoms with Gasteiger partial charge in [-0.25, -0.2) is 0 Å². The summed E-state index contributed by atoms with van der Waals surface area (Å²) in [5.74, 6) is -4.73. The number of hydrogen-bond acceptors (Lipinski definition) is 6. The average molecular weight is 517 g/mol. The highest BCUT2D eigenvalue weighted by atomic mass is 16.6. The Morgan fingerprint density at radius 3 is 1.47 bits per heavy atom. The third-order valence-corrected chi connectivity index (χ3v) is 5.89. The molecule has 0 aliphatic heterocycles. The summed E-state index contributed by atoms with van der Waals surface area (Å²) >= 11 is 0. The van der Waals surface area contributed by atoms with Crippen LogP contribution in [0, 0.1) is 11.8 Å². The fraction of sp³-hybridized carbons (Fsp3) is 0.344. The van der Waals surface area contributed by atoms with Gasteiger partial charge in [0.05, 0.1) is 5.92 Å². The van der Waals surface area contributed by atoms with Gasteiger partial charge in [-0.15, -0.1) is 0 Å². The second kappa shape index (κ2) is 14.1. The molecule has 0 aliphatic rings. The van der Waals surface area contributed by atoms with Crippen LogP contribution in [0.25, 0.3) is 0 Å². The smallest absolute Gasteiger partial charge is 0.321 e. The predicted octanol–water partition coefficient (Wildman–Crippen LogP) is 6.07. The van der Waals surface area contributed by atoms with E-state index in [1.807, 2.05) is 91.0 Å². The van der Waals surface area contributed by atoms with Gasteiger partial charge in [-0.1, -0.05) is 91.0 Å². The summed E-state index contributed by atoms with van der Waals surface area (Å²) in [4.78, 5) is 40.1. The van der Waals surface area contributed by atoms with E-state index in [1.54, 1.807) is 20.8 Å². The Balaban J connectivity index is 1.82. The van der Waals surface area contributed by atoms with E-state index in [1.165, 1.54) is 0 Å². The third-order valence-electron chi connectivity index (χ3n) is 5.89. The molecule has 0 saturated heterocycles. The van der Waals surface area contributed by atoms with Crippen molar-refractivity contribution in [3.8, 4) is 0 Å². The molecule has 0 N–H and O–H groups in total. The van der Waals surface area contributed by atoms with Crippen LogP contribution in [-0.2, 0) is 48.2 Å². The van der Waals surface area contributed by atoms with Crippen LogP contribution in [0.15, 0.2) is 91.0 Å². The summed E-state index contributed by atoms with van der Waals surface area (Å²) in [5.41, 5.74) is 1.86. The van der Waals surface area contributed by atoms with Crippen LogP contribution in [0.4, 0.5) is 0 Å². The van der Waals surface area contributed by atoms with Crippen LogP contribution in [0.3, 0.4) is 0 Å². The molecule has 0 fully saturated rings. The lowest BCUT2D eigenvalue weighted by atomic mass is 9.86. The first-order chi connectivity index (χ1) is 18.2. The quantitative estimate of drug-likeness (QED) is 0.165. The summed E-state index contributed by atoms with van der Waals surface area (Å²) in [6, 6.07) is 28.2. The largest absolute Gasteiger partial charge is 0.460 e. The lowest BCUT2D eigenvalue weighted by Crippen LogP contribution is -2.41. The lowest BCUT2D eigenvalue weighted by molar-refractivity contribution is -0.177. The van der Waals surface area contributed by atoms with Crippen molar-refractivity contribution in [3.05, 3.63) is 108 Å². The maximum Gasteiger partial charge on any atom is 0.321 e. The van der Waals surface area contributed by atoms with Crippen molar-refractivity contribution in [2.45, 2.75) is 58.8 Å². The lowest BCUT2D eigenvalue weighted by Gasteiger charge is -2.27. The Morgan fingerprint density at radius 2 is 1.05 bits per heavy atom. The minimum absolute atomic E-state index is 0.0206. The number of esters is 3. The number of carbonyl (C=O) groups is 3.